The Morgan fingerprint density at radius 1 is 0.612 bits per heavy atom. The van der Waals surface area contributed by atoms with Gasteiger partial charge in [-0.2, -0.15) is 0 Å². The third-order valence-corrected chi connectivity index (χ3v) is 15.3. The zero-order valence-electron chi connectivity index (χ0n) is 39.2. The van der Waals surface area contributed by atoms with Crippen molar-refractivity contribution in [1.29, 1.82) is 0 Å². The summed E-state index contributed by atoms with van der Waals surface area (Å²) < 4.78 is 34.3. The van der Waals surface area contributed by atoms with Crippen LogP contribution in [-0.4, -0.2) is 193 Å². The zero-order valence-corrected chi connectivity index (χ0v) is 39.2. The van der Waals surface area contributed by atoms with Gasteiger partial charge >= 0.3 is 0 Å². The maximum absolute atomic E-state index is 13.8. The molecule has 0 aromatic rings. The van der Waals surface area contributed by atoms with E-state index >= 15 is 0 Å². The van der Waals surface area contributed by atoms with Gasteiger partial charge < -0.3 is 89.9 Å². The fourth-order valence-corrected chi connectivity index (χ4v) is 12.0. The number of hydrogen-bond acceptors (Lipinski definition) is 18. The van der Waals surface area contributed by atoms with Crippen molar-refractivity contribution in [2.45, 2.75) is 233 Å². The van der Waals surface area contributed by atoms with Crippen LogP contribution in [0.2, 0.25) is 0 Å². The van der Waals surface area contributed by atoms with E-state index in [1.54, 1.807) is 6.08 Å². The summed E-state index contributed by atoms with van der Waals surface area (Å²) in [6, 6.07) is -0.953. The number of ether oxygens (including phenoxy) is 6. The van der Waals surface area contributed by atoms with Crippen molar-refractivity contribution in [2.75, 3.05) is 26.4 Å². The molecule has 7 aliphatic rings. The van der Waals surface area contributed by atoms with E-state index in [9.17, 15) is 61.0 Å². The van der Waals surface area contributed by atoms with Gasteiger partial charge in [0.1, 0.15) is 73.2 Å². The molecule has 388 valence electrons. The van der Waals surface area contributed by atoms with Crippen LogP contribution >= 0.6 is 0 Å². The maximum Gasteiger partial charge on any atom is 0.220 e. The number of amides is 1. The van der Waals surface area contributed by atoms with E-state index in [1.165, 1.54) is 70.6 Å². The normalized spacial score (nSPS) is 41.7. The number of hydrogen-bond donors (Lipinski definition) is 12. The van der Waals surface area contributed by atoms with Gasteiger partial charge in [0.25, 0.3) is 0 Å². The lowest BCUT2D eigenvalue weighted by molar-refractivity contribution is -0.379. The van der Waals surface area contributed by atoms with Gasteiger partial charge in [0.15, 0.2) is 18.9 Å². The van der Waals surface area contributed by atoms with Gasteiger partial charge in [-0.15, -0.1) is 0 Å². The van der Waals surface area contributed by atoms with Gasteiger partial charge in [-0.1, -0.05) is 83.3 Å². The second-order valence-electron chi connectivity index (χ2n) is 20.7. The first-order valence-electron chi connectivity index (χ1n) is 25.3. The first-order valence-corrected chi connectivity index (χ1v) is 25.3. The maximum atomic E-state index is 13.8. The standard InChI is InChI=1S/C48H83NO18/c1-2-3-4-5-6-7-8-9-10-11-12-13-14-15-31(53)30(49-35(54)22-48-19-27-16-28(20-48)18-29(17-27)21-48)26-62-45-41(60)38(57)43(33(24-51)64-45)67-47-42(61)39(58)44(34(25-52)65-47)66-46-40(59)37(56)36(55)32(23-50)63-46/h14-15,27-34,36-47,50-53,55-61H,2-13,16-26H2,1H3,(H,49,54)/b15-14+/t27?,28?,29?,30?,31?,32-,33-,34-,36+,37+,38-,39-,40-,41-,42-,43-,44+,45-,46-,47+,48?/m1/s1. The minimum absolute atomic E-state index is 0.0582. The Kier molecular flexibility index (Phi) is 21.5. The minimum atomic E-state index is -1.97. The molecule has 4 bridgehead atoms. The number of aliphatic hydroxyl groups is 11. The van der Waals surface area contributed by atoms with Crippen molar-refractivity contribution >= 4 is 5.91 Å². The van der Waals surface area contributed by atoms with E-state index in [4.69, 9.17) is 28.4 Å². The lowest BCUT2D eigenvalue weighted by Gasteiger charge is -2.56. The third kappa shape index (κ3) is 14.4. The molecule has 7 fully saturated rings. The molecule has 0 radical (unpaired) electrons. The van der Waals surface area contributed by atoms with Gasteiger partial charge in [-0.3, -0.25) is 4.79 Å². The summed E-state index contributed by atoms with van der Waals surface area (Å²) in [6.07, 6.45) is -1.86. The topological polar surface area (TPSA) is 307 Å². The van der Waals surface area contributed by atoms with Crippen molar-refractivity contribution < 1.29 is 89.4 Å². The summed E-state index contributed by atoms with van der Waals surface area (Å²) >= 11 is 0. The SMILES string of the molecule is CCCCCCCCCCCCC/C=C/C(O)C(CO[C@@H]1O[C@H](CO)[C@@H](O[C@@H]2O[C@H](CO)[C@H](O[C@H]3O[C@H](CO)[C@H](O)[C@H](O)[C@H]3O)[C@H](O)[C@H]2O)[C@H](O)[C@H]1O)NC(=O)CC12CC3CC(CC(C3)C1)C2. The summed E-state index contributed by atoms with van der Waals surface area (Å²) in [5, 5.41) is 120. The molecule has 7 rings (SSSR count). The Bertz CT molecular complexity index is 1450. The number of carbonyl (C=O) groups excluding carboxylic acids is 1. The molecule has 19 heteroatoms. The molecule has 67 heavy (non-hydrogen) atoms. The summed E-state index contributed by atoms with van der Waals surface area (Å²) in [4.78, 5) is 13.8. The smallest absolute Gasteiger partial charge is 0.220 e. The van der Waals surface area contributed by atoms with Crippen LogP contribution in [0.5, 0.6) is 0 Å². The quantitative estimate of drug-likeness (QED) is 0.0386. The van der Waals surface area contributed by atoms with Crippen LogP contribution in [0, 0.1) is 23.2 Å². The second-order valence-corrected chi connectivity index (χ2v) is 20.7. The second kappa shape index (κ2) is 26.3. The Morgan fingerprint density at radius 2 is 1.06 bits per heavy atom. The lowest BCUT2D eigenvalue weighted by Crippen LogP contribution is -2.66. The van der Waals surface area contributed by atoms with Crippen LogP contribution < -0.4 is 5.32 Å². The van der Waals surface area contributed by atoms with Gasteiger partial charge in [0, 0.05) is 6.42 Å². The highest BCUT2D eigenvalue weighted by molar-refractivity contribution is 5.77. The molecule has 0 spiro atoms. The van der Waals surface area contributed by atoms with E-state index in [2.05, 4.69) is 12.2 Å². The van der Waals surface area contributed by atoms with Gasteiger partial charge in [-0.25, -0.2) is 0 Å². The van der Waals surface area contributed by atoms with Crippen molar-refractivity contribution in [3.8, 4) is 0 Å². The average Bonchev–Trinajstić information content (AvgIpc) is 3.30. The molecule has 4 saturated carbocycles. The van der Waals surface area contributed by atoms with Gasteiger partial charge in [-0.05, 0) is 74.5 Å². The molecule has 2 unspecified atom stereocenters. The van der Waals surface area contributed by atoms with E-state index in [0.717, 1.165) is 44.9 Å². The van der Waals surface area contributed by atoms with Gasteiger partial charge in [0.2, 0.25) is 5.91 Å². The molecule has 17 atom stereocenters. The predicted octanol–water partition coefficient (Wildman–Crippen LogP) is 0.161. The largest absolute Gasteiger partial charge is 0.394 e. The van der Waals surface area contributed by atoms with E-state index in [0.29, 0.717) is 24.2 Å². The molecule has 0 aromatic carbocycles. The molecule has 1 amide bonds. The summed E-state index contributed by atoms with van der Waals surface area (Å²) in [7, 11) is 0. The Labute approximate surface area is 394 Å². The van der Waals surface area contributed by atoms with Crippen molar-refractivity contribution in [3.05, 3.63) is 12.2 Å². The van der Waals surface area contributed by atoms with Crippen LogP contribution in [0.1, 0.15) is 129 Å². The molecule has 12 N–H and O–H groups in total. The fraction of sp³-hybridized carbons (Fsp3) is 0.938. The van der Waals surface area contributed by atoms with Crippen molar-refractivity contribution in [1.82, 2.24) is 5.32 Å². The number of nitrogens with one attached hydrogen (secondary N) is 1. The third-order valence-electron chi connectivity index (χ3n) is 15.3. The average molecular weight is 962 g/mol. The highest BCUT2D eigenvalue weighted by atomic mass is 16.8. The number of allylic oxidation sites excluding steroid dienone is 1. The molecule has 3 heterocycles. The number of aliphatic hydroxyl groups excluding tert-OH is 11. The lowest BCUT2D eigenvalue weighted by atomic mass is 9.49. The van der Waals surface area contributed by atoms with Crippen LogP contribution in [0.3, 0.4) is 0 Å². The minimum Gasteiger partial charge on any atom is -0.394 e. The molecule has 3 saturated heterocycles. The Balaban J connectivity index is 1.03. The van der Waals surface area contributed by atoms with Crippen LogP contribution in [0.25, 0.3) is 0 Å². The zero-order chi connectivity index (χ0) is 48.3. The molecule has 19 nitrogen and oxygen atoms in total. The molecular formula is C48H83NO18. The van der Waals surface area contributed by atoms with Crippen LogP contribution in [0.15, 0.2) is 12.2 Å². The molecule has 3 aliphatic heterocycles. The van der Waals surface area contributed by atoms with E-state index in [1.807, 2.05) is 6.08 Å². The molecule has 0 aromatic heterocycles. The van der Waals surface area contributed by atoms with Crippen LogP contribution in [-0.2, 0) is 33.2 Å². The molecule has 4 aliphatic carbocycles. The van der Waals surface area contributed by atoms with E-state index in [-0.39, 0.29) is 17.9 Å². The number of unbranched alkanes of at least 4 members (excludes halogenated alkanes) is 11. The predicted molar refractivity (Wildman–Crippen MR) is 238 cm³/mol. The summed E-state index contributed by atoms with van der Waals surface area (Å²) in [5.41, 5.74) is -0.0582. The van der Waals surface area contributed by atoms with Crippen molar-refractivity contribution in [3.63, 3.8) is 0 Å². The first kappa shape index (κ1) is 54.9. The first-order chi connectivity index (χ1) is 32.2. The Morgan fingerprint density at radius 3 is 1.57 bits per heavy atom. The summed E-state index contributed by atoms with van der Waals surface area (Å²) in [6.45, 7) is -0.507. The number of rotatable bonds is 27. The van der Waals surface area contributed by atoms with Gasteiger partial charge in [0.05, 0.1) is 38.6 Å². The highest BCUT2D eigenvalue weighted by Crippen LogP contribution is 2.61. The van der Waals surface area contributed by atoms with E-state index < -0.39 is 124 Å². The number of carbonyl (C=O) groups is 1. The van der Waals surface area contributed by atoms with Crippen molar-refractivity contribution in [2.24, 2.45) is 23.2 Å². The monoisotopic (exact) mass is 962 g/mol. The highest BCUT2D eigenvalue weighted by Gasteiger charge is 2.55. The molecular weight excluding hydrogens is 879 g/mol. The van der Waals surface area contributed by atoms with Crippen LogP contribution in [0.4, 0.5) is 0 Å². The Hall–Kier alpha value is -1.47. The fourth-order valence-electron chi connectivity index (χ4n) is 12.0. The summed E-state index contributed by atoms with van der Waals surface area (Å²) in [5.74, 6) is 1.75.